The minimum atomic E-state index is -2.66. The molecule has 0 saturated carbocycles. The molecular weight excluding hydrogens is 256 g/mol. The van der Waals surface area contributed by atoms with Crippen molar-refractivity contribution in [2.24, 2.45) is 0 Å². The quantitative estimate of drug-likeness (QED) is 0.832. The summed E-state index contributed by atoms with van der Waals surface area (Å²) in [5.41, 5.74) is 5.28. The van der Waals surface area contributed by atoms with Gasteiger partial charge in [0.2, 0.25) is 0 Å². The van der Waals surface area contributed by atoms with Crippen molar-refractivity contribution in [3.8, 4) is 6.07 Å². The number of nitrogens with two attached hydrogens (primary N) is 1. The van der Waals surface area contributed by atoms with E-state index in [0.717, 1.165) is 6.07 Å². The molecule has 1 heterocycles. The number of pyridine rings is 1. The lowest BCUT2D eigenvalue weighted by atomic mass is 10.2. The molecule has 2 N–H and O–H groups in total. The van der Waals surface area contributed by atoms with Crippen molar-refractivity contribution in [1.29, 1.82) is 5.26 Å². The van der Waals surface area contributed by atoms with Crippen molar-refractivity contribution in [2.75, 3.05) is 5.73 Å². The monoisotopic (exact) mass is 261 g/mol. The van der Waals surface area contributed by atoms with E-state index in [1.165, 1.54) is 0 Å². The van der Waals surface area contributed by atoms with E-state index in [0.29, 0.717) is 0 Å². The fourth-order valence-electron chi connectivity index (χ4n) is 0.947. The van der Waals surface area contributed by atoms with Gasteiger partial charge in [-0.2, -0.15) is 5.26 Å². The van der Waals surface area contributed by atoms with E-state index in [1.807, 2.05) is 6.07 Å². The van der Waals surface area contributed by atoms with Gasteiger partial charge in [-0.15, -0.1) is 0 Å². The Hall–Kier alpha value is -1.22. The highest BCUT2D eigenvalue weighted by Crippen LogP contribution is 2.30. The van der Waals surface area contributed by atoms with Crippen molar-refractivity contribution in [3.63, 3.8) is 0 Å². The van der Waals surface area contributed by atoms with Crippen LogP contribution in [0.4, 0.5) is 14.5 Å². The van der Waals surface area contributed by atoms with Gasteiger partial charge in [0.15, 0.2) is 0 Å². The van der Waals surface area contributed by atoms with E-state index < -0.39 is 6.43 Å². The zero-order valence-electron chi connectivity index (χ0n) is 6.97. The Morgan fingerprint density at radius 2 is 2.29 bits per heavy atom. The lowest BCUT2D eigenvalue weighted by Gasteiger charge is -2.07. The van der Waals surface area contributed by atoms with Gasteiger partial charge in [-0.3, -0.25) is 0 Å². The van der Waals surface area contributed by atoms with Crippen molar-refractivity contribution >= 4 is 21.6 Å². The standard InChI is InChI=1S/C8H6BrF2N3/c9-7-6(13)5(8(10)11)3-4(14-7)1-2-12/h3,8H,1,13H2. The Morgan fingerprint density at radius 3 is 2.79 bits per heavy atom. The summed E-state index contributed by atoms with van der Waals surface area (Å²) in [5, 5.41) is 8.39. The summed E-state index contributed by atoms with van der Waals surface area (Å²) in [5.74, 6) is 0. The number of anilines is 1. The molecule has 1 rings (SSSR count). The predicted octanol–water partition coefficient (Wildman–Crippen LogP) is 2.43. The van der Waals surface area contributed by atoms with Gasteiger partial charge in [0.25, 0.3) is 6.43 Å². The van der Waals surface area contributed by atoms with Gasteiger partial charge in [0.05, 0.1) is 23.9 Å². The molecule has 0 atom stereocenters. The topological polar surface area (TPSA) is 62.7 Å². The average Bonchev–Trinajstić information content (AvgIpc) is 2.11. The maximum Gasteiger partial charge on any atom is 0.265 e. The second-order valence-electron chi connectivity index (χ2n) is 2.54. The molecule has 0 bridgehead atoms. The van der Waals surface area contributed by atoms with E-state index in [1.54, 1.807) is 0 Å². The zero-order valence-corrected chi connectivity index (χ0v) is 8.55. The highest BCUT2D eigenvalue weighted by molar-refractivity contribution is 9.10. The summed E-state index contributed by atoms with van der Waals surface area (Å²) in [7, 11) is 0. The predicted molar refractivity (Wildman–Crippen MR) is 50.6 cm³/mol. The van der Waals surface area contributed by atoms with Gasteiger partial charge in [-0.1, -0.05) is 0 Å². The van der Waals surface area contributed by atoms with Crippen molar-refractivity contribution in [2.45, 2.75) is 12.8 Å². The number of nitrogen functional groups attached to an aromatic ring is 1. The molecule has 0 spiro atoms. The van der Waals surface area contributed by atoms with Gasteiger partial charge in [0.1, 0.15) is 4.60 Å². The van der Waals surface area contributed by atoms with Crippen LogP contribution in [-0.4, -0.2) is 4.98 Å². The van der Waals surface area contributed by atoms with Crippen LogP contribution >= 0.6 is 15.9 Å². The van der Waals surface area contributed by atoms with E-state index >= 15 is 0 Å². The second-order valence-corrected chi connectivity index (χ2v) is 3.29. The van der Waals surface area contributed by atoms with Gasteiger partial charge < -0.3 is 5.73 Å². The molecule has 3 nitrogen and oxygen atoms in total. The summed E-state index contributed by atoms with van der Waals surface area (Å²) in [6.45, 7) is 0. The number of alkyl halides is 2. The molecule has 0 aliphatic heterocycles. The number of rotatable bonds is 2. The lowest BCUT2D eigenvalue weighted by molar-refractivity contribution is 0.152. The summed E-state index contributed by atoms with van der Waals surface area (Å²) >= 11 is 2.96. The number of nitrogens with zero attached hydrogens (tertiary/aromatic N) is 2. The van der Waals surface area contributed by atoms with Crippen LogP contribution in [0.3, 0.4) is 0 Å². The summed E-state index contributed by atoms with van der Waals surface area (Å²) in [4.78, 5) is 3.84. The van der Waals surface area contributed by atoms with Crippen molar-refractivity contribution < 1.29 is 8.78 Å². The molecule has 0 aromatic carbocycles. The molecule has 0 unspecified atom stereocenters. The minimum absolute atomic E-state index is 0.0153. The first-order valence-electron chi connectivity index (χ1n) is 3.66. The summed E-state index contributed by atoms with van der Waals surface area (Å²) in [6.07, 6.45) is -2.68. The Balaban J connectivity index is 3.22. The Kier molecular flexibility index (Phi) is 3.36. The fourth-order valence-corrected chi connectivity index (χ4v) is 1.40. The first-order valence-corrected chi connectivity index (χ1v) is 4.45. The Labute approximate surface area is 87.7 Å². The highest BCUT2D eigenvalue weighted by Gasteiger charge is 2.15. The molecule has 0 saturated heterocycles. The van der Waals surface area contributed by atoms with Gasteiger partial charge in [0, 0.05) is 5.56 Å². The van der Waals surface area contributed by atoms with Crippen molar-refractivity contribution in [1.82, 2.24) is 4.98 Å². The molecule has 1 aromatic heterocycles. The van der Waals surface area contributed by atoms with E-state index in [-0.39, 0.29) is 28.0 Å². The zero-order chi connectivity index (χ0) is 10.7. The third-order valence-electron chi connectivity index (χ3n) is 1.59. The minimum Gasteiger partial charge on any atom is -0.396 e. The van der Waals surface area contributed by atoms with Crippen LogP contribution in [0.25, 0.3) is 0 Å². The SMILES string of the molecule is N#CCc1cc(C(F)F)c(N)c(Br)n1. The Bertz CT molecular complexity index is 387. The molecular formula is C8H6BrF2N3. The molecule has 0 aliphatic rings. The number of hydrogen-bond acceptors (Lipinski definition) is 3. The molecule has 6 heteroatoms. The molecule has 1 aromatic rings. The van der Waals surface area contributed by atoms with Crippen LogP contribution in [0.5, 0.6) is 0 Å². The number of aromatic nitrogens is 1. The normalized spacial score (nSPS) is 10.2. The first kappa shape index (κ1) is 10.9. The molecule has 0 fully saturated rings. The van der Waals surface area contributed by atoms with Crippen LogP contribution in [0.15, 0.2) is 10.7 Å². The van der Waals surface area contributed by atoms with Crippen molar-refractivity contribution in [3.05, 3.63) is 21.9 Å². The molecule has 0 amide bonds. The van der Waals surface area contributed by atoms with Crippen LogP contribution in [-0.2, 0) is 6.42 Å². The summed E-state index contributed by atoms with van der Waals surface area (Å²) < 4.78 is 25.0. The smallest absolute Gasteiger partial charge is 0.265 e. The first-order chi connectivity index (χ1) is 6.56. The summed E-state index contributed by atoms with van der Waals surface area (Å²) in [6, 6.07) is 2.97. The number of hydrogen-bond donors (Lipinski definition) is 1. The maximum atomic E-state index is 12.4. The van der Waals surface area contributed by atoms with E-state index in [4.69, 9.17) is 11.0 Å². The number of halogens is 3. The second kappa shape index (κ2) is 4.33. The van der Waals surface area contributed by atoms with Crippen LogP contribution in [0.2, 0.25) is 0 Å². The fraction of sp³-hybridized carbons (Fsp3) is 0.250. The third-order valence-corrected chi connectivity index (χ3v) is 2.20. The average molecular weight is 262 g/mol. The largest absolute Gasteiger partial charge is 0.396 e. The van der Waals surface area contributed by atoms with E-state index in [2.05, 4.69) is 20.9 Å². The molecule has 74 valence electrons. The highest BCUT2D eigenvalue weighted by atomic mass is 79.9. The number of nitriles is 1. The van der Waals surface area contributed by atoms with Gasteiger partial charge in [-0.25, -0.2) is 13.8 Å². The lowest BCUT2D eigenvalue weighted by Crippen LogP contribution is -2.01. The van der Waals surface area contributed by atoms with Gasteiger partial charge in [-0.05, 0) is 22.0 Å². The third kappa shape index (κ3) is 2.17. The molecule has 14 heavy (non-hydrogen) atoms. The van der Waals surface area contributed by atoms with Crippen LogP contribution in [0.1, 0.15) is 17.7 Å². The maximum absolute atomic E-state index is 12.4. The van der Waals surface area contributed by atoms with Crippen LogP contribution < -0.4 is 5.73 Å². The van der Waals surface area contributed by atoms with Crippen LogP contribution in [0, 0.1) is 11.3 Å². The van der Waals surface area contributed by atoms with E-state index in [9.17, 15) is 8.78 Å². The molecule has 0 aliphatic carbocycles. The van der Waals surface area contributed by atoms with Gasteiger partial charge >= 0.3 is 0 Å². The molecule has 0 radical (unpaired) electrons. The Morgan fingerprint density at radius 1 is 1.64 bits per heavy atom.